The molecule has 0 atom stereocenters. The van der Waals surface area contributed by atoms with E-state index >= 15 is 0 Å². The predicted molar refractivity (Wildman–Crippen MR) is 109 cm³/mol. The topological polar surface area (TPSA) is 80.5 Å². The van der Waals surface area contributed by atoms with Crippen LogP contribution in [0.5, 0.6) is 0 Å². The number of benzene rings is 2. The smallest absolute Gasteiger partial charge is 0.270 e. The second kappa shape index (κ2) is 8.86. The Morgan fingerprint density at radius 2 is 1.60 bits per heavy atom. The first-order valence-electron chi connectivity index (χ1n) is 9.01. The molecule has 2 amide bonds. The van der Waals surface area contributed by atoms with E-state index < -0.39 is 10.8 Å². The Kier molecular flexibility index (Phi) is 6.25. The number of nitro groups is 1. The quantitative estimate of drug-likeness (QED) is 0.153. The Labute approximate surface area is 183 Å². The van der Waals surface area contributed by atoms with E-state index in [-0.39, 0.29) is 40.8 Å². The van der Waals surface area contributed by atoms with Gasteiger partial charge in [0.2, 0.25) is 0 Å². The van der Waals surface area contributed by atoms with Crippen LogP contribution in [0.1, 0.15) is 26.3 Å². The van der Waals surface area contributed by atoms with E-state index in [4.69, 9.17) is 0 Å². The molecule has 152 valence electrons. The van der Waals surface area contributed by atoms with E-state index in [1.165, 1.54) is 12.1 Å². The summed E-state index contributed by atoms with van der Waals surface area (Å²) in [5.74, 6) is -0.887. The van der Waals surface area contributed by atoms with Crippen LogP contribution in [-0.4, -0.2) is 21.6 Å². The SMILES string of the molecule is O=C1c2cccc3cc([N+](=O)[O-])cc(c23)C(=O)N1C[c-]1cccc1.[Fe].c1cc[cH-]c1. The zero-order valence-electron chi connectivity index (χ0n) is 15.7. The maximum atomic E-state index is 12.8. The molecule has 0 saturated carbocycles. The van der Waals surface area contributed by atoms with Gasteiger partial charge in [-0.3, -0.25) is 24.6 Å². The minimum atomic E-state index is -0.534. The van der Waals surface area contributed by atoms with Crippen LogP contribution in [0, 0.1) is 10.1 Å². The van der Waals surface area contributed by atoms with Crippen molar-refractivity contribution in [3.63, 3.8) is 0 Å². The number of carbonyl (C=O) groups excluding carboxylic acids is 2. The number of nitrogens with zero attached hydrogens (tertiary/aromatic N) is 2. The molecule has 0 bridgehead atoms. The van der Waals surface area contributed by atoms with Crippen molar-refractivity contribution in [1.82, 2.24) is 4.90 Å². The fourth-order valence-corrected chi connectivity index (χ4v) is 3.41. The molecule has 5 rings (SSSR count). The Morgan fingerprint density at radius 1 is 0.933 bits per heavy atom. The molecule has 1 heterocycles. The van der Waals surface area contributed by atoms with Crippen LogP contribution in [0.25, 0.3) is 10.8 Å². The van der Waals surface area contributed by atoms with Crippen molar-refractivity contribution in [1.29, 1.82) is 0 Å². The van der Waals surface area contributed by atoms with Crippen molar-refractivity contribution in [2.24, 2.45) is 0 Å². The summed E-state index contributed by atoms with van der Waals surface area (Å²) in [5.41, 5.74) is 1.26. The molecule has 0 radical (unpaired) electrons. The number of nitro benzene ring substituents is 1. The molecular weight excluding hydrogens is 424 g/mol. The summed E-state index contributed by atoms with van der Waals surface area (Å²) in [6.45, 7) is 0.142. The van der Waals surface area contributed by atoms with Crippen molar-refractivity contribution >= 4 is 28.3 Å². The minimum absolute atomic E-state index is 0. The second-order valence-corrected chi connectivity index (χ2v) is 6.61. The van der Waals surface area contributed by atoms with E-state index in [1.54, 1.807) is 18.2 Å². The number of non-ortho nitro benzene ring substituents is 1. The number of imide groups is 1. The Bertz CT molecular complexity index is 1180. The number of rotatable bonds is 3. The zero-order valence-corrected chi connectivity index (χ0v) is 16.8. The van der Waals surface area contributed by atoms with Gasteiger partial charge in [-0.05, 0) is 11.5 Å². The summed E-state index contributed by atoms with van der Waals surface area (Å²) in [6, 6.07) is 24.9. The Morgan fingerprint density at radius 3 is 2.20 bits per heavy atom. The monoisotopic (exact) mass is 440 g/mol. The molecule has 0 unspecified atom stereocenters. The van der Waals surface area contributed by atoms with Gasteiger partial charge in [0.05, 0.1) is 10.5 Å². The van der Waals surface area contributed by atoms with E-state index in [0.717, 1.165) is 10.5 Å². The third kappa shape index (κ3) is 3.94. The summed E-state index contributed by atoms with van der Waals surface area (Å²) >= 11 is 0. The molecule has 6 nitrogen and oxygen atoms in total. The molecule has 4 aromatic carbocycles. The molecule has 30 heavy (non-hydrogen) atoms. The van der Waals surface area contributed by atoms with Crippen LogP contribution in [0.2, 0.25) is 0 Å². The number of amides is 2. The first kappa shape index (κ1) is 21.2. The predicted octanol–water partition coefficient (Wildman–Crippen LogP) is 4.67. The van der Waals surface area contributed by atoms with E-state index in [9.17, 15) is 19.7 Å². The minimum Gasteiger partial charge on any atom is -0.282 e. The Hall–Kier alpha value is -3.54. The van der Waals surface area contributed by atoms with Gasteiger partial charge in [0.1, 0.15) is 0 Å². The summed E-state index contributed by atoms with van der Waals surface area (Å²) in [5, 5.41) is 12.1. The summed E-state index contributed by atoms with van der Waals surface area (Å²) in [4.78, 5) is 37.3. The van der Waals surface area contributed by atoms with Gasteiger partial charge in [0.15, 0.2) is 0 Å². The number of carbonyl (C=O) groups is 2. The molecule has 7 heteroatoms. The maximum Gasteiger partial charge on any atom is 0.270 e. The van der Waals surface area contributed by atoms with Gasteiger partial charge in [-0.15, -0.1) is 5.56 Å². The summed E-state index contributed by atoms with van der Waals surface area (Å²) in [7, 11) is 0. The Balaban J connectivity index is 0.000000376. The zero-order chi connectivity index (χ0) is 20.4. The molecule has 4 aromatic rings. The third-order valence-electron chi connectivity index (χ3n) is 4.75. The van der Waals surface area contributed by atoms with E-state index in [2.05, 4.69) is 0 Å². The van der Waals surface area contributed by atoms with Crippen LogP contribution in [-0.2, 0) is 23.6 Å². The van der Waals surface area contributed by atoms with Gasteiger partial charge in [-0.25, -0.2) is 24.3 Å². The van der Waals surface area contributed by atoms with Crippen LogP contribution in [0.3, 0.4) is 0 Å². The molecule has 0 aliphatic carbocycles. The van der Waals surface area contributed by atoms with Gasteiger partial charge in [-0.1, -0.05) is 12.1 Å². The molecule has 1 aliphatic rings. The molecule has 0 fully saturated rings. The van der Waals surface area contributed by atoms with Crippen molar-refractivity contribution in [2.45, 2.75) is 6.54 Å². The van der Waals surface area contributed by atoms with Gasteiger partial charge in [-0.2, -0.15) is 30.3 Å². The van der Waals surface area contributed by atoms with Gasteiger partial charge >= 0.3 is 0 Å². The third-order valence-corrected chi connectivity index (χ3v) is 4.75. The average molecular weight is 440 g/mol. The van der Waals surface area contributed by atoms with Crippen molar-refractivity contribution in [2.75, 3.05) is 0 Å². The molecule has 0 N–H and O–H groups in total. The standard InChI is InChI=1S/C18H11N2O4.C5H5.Fe/c21-17-14-7-3-6-12-8-13(20(23)24)9-15(16(12)14)18(22)19(17)10-11-4-1-2-5-11;1-2-4-5-3-1;/h1-9H,10H2;1-5H;/q2*-1;. The van der Waals surface area contributed by atoms with Crippen molar-refractivity contribution < 1.29 is 31.6 Å². The first-order chi connectivity index (χ1) is 14.1. The van der Waals surface area contributed by atoms with Gasteiger partial charge < -0.3 is 0 Å². The van der Waals surface area contributed by atoms with E-state index in [1.807, 2.05) is 54.6 Å². The van der Waals surface area contributed by atoms with E-state index in [0.29, 0.717) is 16.3 Å². The maximum absolute atomic E-state index is 12.8. The second-order valence-electron chi connectivity index (χ2n) is 6.61. The van der Waals surface area contributed by atoms with Crippen LogP contribution >= 0.6 is 0 Å². The molecule has 0 saturated heterocycles. The molecule has 0 spiro atoms. The largest absolute Gasteiger partial charge is 0.282 e. The molecule has 0 aromatic heterocycles. The molecule has 1 aliphatic heterocycles. The van der Waals surface area contributed by atoms with Crippen LogP contribution in [0.4, 0.5) is 5.69 Å². The van der Waals surface area contributed by atoms with Crippen molar-refractivity contribution in [3.8, 4) is 0 Å². The van der Waals surface area contributed by atoms with Gasteiger partial charge in [0, 0.05) is 46.7 Å². The number of hydrogen-bond donors (Lipinski definition) is 0. The van der Waals surface area contributed by atoms with Gasteiger partial charge in [0.25, 0.3) is 17.5 Å². The van der Waals surface area contributed by atoms with Crippen LogP contribution < -0.4 is 0 Å². The molecular formula is C23H16FeN2O4-2. The average Bonchev–Trinajstić information content (AvgIpc) is 3.45. The van der Waals surface area contributed by atoms with Crippen molar-refractivity contribution in [3.05, 3.63) is 112 Å². The fourth-order valence-electron chi connectivity index (χ4n) is 3.41. The summed E-state index contributed by atoms with van der Waals surface area (Å²) in [6.07, 6.45) is 0. The first-order valence-corrected chi connectivity index (χ1v) is 9.01. The summed E-state index contributed by atoms with van der Waals surface area (Å²) < 4.78 is 0. The van der Waals surface area contributed by atoms with Crippen LogP contribution in [0.15, 0.2) is 84.9 Å². The fraction of sp³-hybridized carbons (Fsp3) is 0.0435. The normalized spacial score (nSPS) is 12.2. The number of hydrogen-bond acceptors (Lipinski definition) is 4.